The highest BCUT2D eigenvalue weighted by atomic mass is 15.0. The second-order valence-electron chi connectivity index (χ2n) is 7.54. The maximum atomic E-state index is 3.53. The van der Waals surface area contributed by atoms with Crippen LogP contribution in [0.15, 0.2) is 72.8 Å². The lowest BCUT2D eigenvalue weighted by Crippen LogP contribution is -2.22. The molecule has 0 saturated heterocycles. The lowest BCUT2D eigenvalue weighted by molar-refractivity contribution is 0.544. The summed E-state index contributed by atoms with van der Waals surface area (Å²) in [5.74, 6) is 0. The van der Waals surface area contributed by atoms with Crippen LogP contribution in [0.4, 0.5) is 5.69 Å². The summed E-state index contributed by atoms with van der Waals surface area (Å²) in [6.45, 7) is 2.28. The fourth-order valence-electron chi connectivity index (χ4n) is 3.79. The average molecular weight is 360 g/mol. The van der Waals surface area contributed by atoms with Crippen LogP contribution >= 0.6 is 0 Å². The van der Waals surface area contributed by atoms with E-state index in [0.717, 1.165) is 0 Å². The van der Waals surface area contributed by atoms with Crippen molar-refractivity contribution in [1.29, 1.82) is 0 Å². The highest BCUT2D eigenvalue weighted by Crippen LogP contribution is 2.38. The zero-order valence-corrected chi connectivity index (χ0v) is 16.7. The van der Waals surface area contributed by atoms with E-state index in [1.54, 1.807) is 0 Å². The van der Waals surface area contributed by atoms with Crippen molar-refractivity contribution in [1.82, 2.24) is 0 Å². The number of fused-ring (bicyclic) bond motifs is 2. The van der Waals surface area contributed by atoms with Crippen LogP contribution in [0, 0.1) is 0 Å². The summed E-state index contributed by atoms with van der Waals surface area (Å²) >= 11 is 0. The monoisotopic (exact) mass is 359 g/mol. The number of nitrogens with one attached hydrogen (secondary N) is 1. The van der Waals surface area contributed by atoms with E-state index in [1.807, 2.05) is 0 Å². The molecule has 0 saturated carbocycles. The van der Waals surface area contributed by atoms with E-state index in [9.17, 15) is 0 Å². The van der Waals surface area contributed by atoms with Crippen molar-refractivity contribution in [2.24, 2.45) is 0 Å². The van der Waals surface area contributed by atoms with E-state index in [4.69, 9.17) is 0 Å². The van der Waals surface area contributed by atoms with Crippen LogP contribution in [0.1, 0.15) is 69.9 Å². The number of para-hydroxylation sites is 1. The molecular formula is C26H33N. The van der Waals surface area contributed by atoms with Gasteiger partial charge in [-0.3, -0.25) is 0 Å². The van der Waals surface area contributed by atoms with Gasteiger partial charge in [0.05, 0.1) is 6.04 Å². The highest BCUT2D eigenvalue weighted by molar-refractivity contribution is 5.82. The number of hydrogen-bond acceptors (Lipinski definition) is 1. The number of hydrogen-bond donors (Lipinski definition) is 1. The van der Waals surface area contributed by atoms with E-state index in [0.29, 0.717) is 6.04 Å². The van der Waals surface area contributed by atoms with Crippen LogP contribution in [-0.4, -0.2) is 0 Å². The van der Waals surface area contributed by atoms with E-state index in [1.165, 1.54) is 73.4 Å². The van der Waals surface area contributed by atoms with Crippen molar-refractivity contribution < 1.29 is 0 Å². The summed E-state index contributed by atoms with van der Waals surface area (Å²) in [7, 11) is 0. The first-order valence-corrected chi connectivity index (χ1v) is 10.7. The van der Waals surface area contributed by atoms with Crippen LogP contribution < -0.4 is 5.32 Å². The molecule has 1 heteroatoms. The van der Waals surface area contributed by atoms with E-state index in [2.05, 4.69) is 85.0 Å². The molecule has 1 aliphatic heterocycles. The first kappa shape index (κ1) is 19.5. The summed E-state index contributed by atoms with van der Waals surface area (Å²) in [6, 6.07) is 26.0. The molecule has 0 radical (unpaired) electrons. The third kappa shape index (κ3) is 5.85. The zero-order valence-electron chi connectivity index (χ0n) is 16.7. The normalized spacial score (nSPS) is 14.5. The summed E-state index contributed by atoms with van der Waals surface area (Å²) in [6.07, 6.45) is 11.1. The van der Waals surface area contributed by atoms with Crippen LogP contribution in [0.5, 0.6) is 0 Å². The van der Waals surface area contributed by atoms with Crippen molar-refractivity contribution in [2.75, 3.05) is 5.32 Å². The molecule has 3 aromatic rings. The molecule has 1 heterocycles. The Bertz CT molecular complexity index is 742. The summed E-state index contributed by atoms with van der Waals surface area (Å²) in [5, 5.41) is 6.15. The topological polar surface area (TPSA) is 12.0 Å². The van der Waals surface area contributed by atoms with Gasteiger partial charge in [0.25, 0.3) is 0 Å². The van der Waals surface area contributed by atoms with Crippen LogP contribution in [0.3, 0.4) is 0 Å². The predicted octanol–water partition coefficient (Wildman–Crippen LogP) is 8.13. The Labute approximate surface area is 164 Å². The van der Waals surface area contributed by atoms with Crippen molar-refractivity contribution >= 4 is 16.5 Å². The molecule has 1 N–H and O–H groups in total. The highest BCUT2D eigenvalue weighted by Gasteiger charge is 2.23. The fourth-order valence-corrected chi connectivity index (χ4v) is 3.79. The number of rotatable bonds is 8. The molecule has 4 rings (SSSR count). The molecule has 1 atom stereocenters. The number of benzene rings is 3. The smallest absolute Gasteiger partial charge is 0.0534 e. The minimum absolute atomic E-state index is 0.641. The minimum Gasteiger partial charge on any atom is -0.378 e. The van der Waals surface area contributed by atoms with Gasteiger partial charge in [0.2, 0.25) is 0 Å². The first-order chi connectivity index (χ1) is 13.4. The Morgan fingerprint density at radius 3 is 1.74 bits per heavy atom. The SMILES string of the molecule is CCCCCCCCCC1Nc2ccccc21.c1ccc2ccccc2c1. The molecule has 0 aliphatic carbocycles. The van der Waals surface area contributed by atoms with Gasteiger partial charge in [-0.15, -0.1) is 0 Å². The number of unbranched alkanes of at least 4 members (excludes halogenated alkanes) is 6. The molecule has 0 amide bonds. The van der Waals surface area contributed by atoms with E-state index < -0.39 is 0 Å². The number of anilines is 1. The standard InChI is InChI=1S/C16H25N.C10H8/c1-2-3-4-5-6-7-8-12-15-14-11-9-10-13-16(14)17-15;1-2-6-10-8-4-3-7-9(10)5-1/h9-11,13,15,17H,2-8,12H2,1H3;1-8H. The second-order valence-corrected chi connectivity index (χ2v) is 7.54. The largest absolute Gasteiger partial charge is 0.378 e. The molecule has 0 fully saturated rings. The Morgan fingerprint density at radius 2 is 1.15 bits per heavy atom. The lowest BCUT2D eigenvalue weighted by atomic mass is 9.92. The molecular weight excluding hydrogens is 326 g/mol. The van der Waals surface area contributed by atoms with Crippen molar-refractivity contribution in [3.63, 3.8) is 0 Å². The molecule has 1 aliphatic rings. The maximum Gasteiger partial charge on any atom is 0.0534 e. The van der Waals surface area contributed by atoms with Gasteiger partial charge in [-0.1, -0.05) is 119 Å². The van der Waals surface area contributed by atoms with Gasteiger partial charge in [-0.2, -0.15) is 0 Å². The average Bonchev–Trinajstić information content (AvgIpc) is 2.71. The fraction of sp³-hybridized carbons (Fsp3) is 0.385. The Morgan fingerprint density at radius 1 is 0.630 bits per heavy atom. The van der Waals surface area contributed by atoms with Crippen LogP contribution in [0.2, 0.25) is 0 Å². The van der Waals surface area contributed by atoms with Crippen molar-refractivity contribution in [3.05, 3.63) is 78.4 Å². The zero-order chi connectivity index (χ0) is 18.7. The Hall–Kier alpha value is -2.28. The first-order valence-electron chi connectivity index (χ1n) is 10.7. The molecule has 142 valence electrons. The third-order valence-electron chi connectivity index (χ3n) is 5.42. The summed E-state index contributed by atoms with van der Waals surface area (Å²) in [4.78, 5) is 0. The van der Waals surface area contributed by atoms with Crippen molar-refractivity contribution in [2.45, 2.75) is 64.3 Å². The van der Waals surface area contributed by atoms with Gasteiger partial charge in [0, 0.05) is 5.69 Å². The maximum absolute atomic E-state index is 3.53. The molecule has 0 bridgehead atoms. The molecule has 1 unspecified atom stereocenters. The quantitative estimate of drug-likeness (QED) is 0.400. The van der Waals surface area contributed by atoms with Gasteiger partial charge >= 0.3 is 0 Å². The van der Waals surface area contributed by atoms with Gasteiger partial charge in [0.15, 0.2) is 0 Å². The van der Waals surface area contributed by atoms with Gasteiger partial charge in [0.1, 0.15) is 0 Å². The third-order valence-corrected chi connectivity index (χ3v) is 5.42. The van der Waals surface area contributed by atoms with E-state index in [-0.39, 0.29) is 0 Å². The van der Waals surface area contributed by atoms with Crippen LogP contribution in [-0.2, 0) is 0 Å². The minimum atomic E-state index is 0.641. The predicted molar refractivity (Wildman–Crippen MR) is 119 cm³/mol. The Kier molecular flexibility index (Phi) is 7.77. The van der Waals surface area contributed by atoms with E-state index >= 15 is 0 Å². The van der Waals surface area contributed by atoms with Gasteiger partial charge < -0.3 is 5.32 Å². The van der Waals surface area contributed by atoms with Gasteiger partial charge in [-0.05, 0) is 28.8 Å². The molecule has 0 aromatic heterocycles. The molecule has 3 aromatic carbocycles. The summed E-state index contributed by atoms with van der Waals surface area (Å²) in [5.41, 5.74) is 2.87. The van der Waals surface area contributed by atoms with Gasteiger partial charge in [-0.25, -0.2) is 0 Å². The molecule has 0 spiro atoms. The molecule has 1 nitrogen and oxygen atoms in total. The Balaban J connectivity index is 0.000000177. The summed E-state index contributed by atoms with van der Waals surface area (Å²) < 4.78 is 0. The second kappa shape index (κ2) is 10.8. The van der Waals surface area contributed by atoms with Crippen LogP contribution in [0.25, 0.3) is 10.8 Å². The molecule has 27 heavy (non-hydrogen) atoms. The lowest BCUT2D eigenvalue weighted by Gasteiger charge is -2.32. The van der Waals surface area contributed by atoms with Crippen molar-refractivity contribution in [3.8, 4) is 0 Å².